The first kappa shape index (κ1) is 7.13. The van der Waals surface area contributed by atoms with Crippen LogP contribution in [0.2, 0.25) is 0 Å². The van der Waals surface area contributed by atoms with E-state index in [-0.39, 0.29) is 5.56 Å². The molecule has 0 fully saturated rings. The third-order valence-electron chi connectivity index (χ3n) is 1.39. The fourth-order valence-corrected chi connectivity index (χ4v) is 0.804. The molecule has 1 heterocycles. The van der Waals surface area contributed by atoms with Crippen LogP contribution >= 0.6 is 0 Å². The van der Waals surface area contributed by atoms with Gasteiger partial charge in [0.2, 0.25) is 5.56 Å². The fraction of sp³-hybridized carbons (Fsp3) is 0.286. The van der Waals surface area contributed by atoms with Gasteiger partial charge in [0.25, 0.3) is 0 Å². The summed E-state index contributed by atoms with van der Waals surface area (Å²) in [6.07, 6.45) is 1.72. The van der Waals surface area contributed by atoms with Gasteiger partial charge in [0, 0.05) is 12.7 Å². The third-order valence-corrected chi connectivity index (χ3v) is 1.39. The van der Waals surface area contributed by atoms with E-state index < -0.39 is 0 Å². The Balaban J connectivity index is 3.28. The molecule has 0 spiro atoms. The maximum atomic E-state index is 11.0. The molecule has 1 rings (SSSR count). The van der Waals surface area contributed by atoms with Gasteiger partial charge in [-0.15, -0.1) is 0 Å². The Bertz CT molecular complexity index is 279. The Labute approximate surface area is 60.9 Å². The van der Waals surface area contributed by atoms with Crippen LogP contribution in [0.25, 0.3) is 0 Å². The summed E-state index contributed by atoms with van der Waals surface area (Å²) in [5.74, 6) is 0. The molecule has 0 aliphatic heterocycles. The molecule has 2 radical (unpaired) electrons. The van der Waals surface area contributed by atoms with E-state index in [1.165, 1.54) is 0 Å². The Morgan fingerprint density at radius 1 is 1.70 bits per heavy atom. The first-order chi connectivity index (χ1) is 4.75. The summed E-state index contributed by atoms with van der Waals surface area (Å²) in [7, 11) is 5.36. The Kier molecular flexibility index (Phi) is 1.95. The fourth-order valence-electron chi connectivity index (χ4n) is 0.804. The molecule has 0 aromatic carbocycles. The van der Waals surface area contributed by atoms with Gasteiger partial charge in [0.05, 0.1) is 0 Å². The largest absolute Gasteiger partial charge is 0.316 e. The predicted octanol–water partition coefficient (Wildman–Crippen LogP) is -0.338. The van der Waals surface area contributed by atoms with Crippen molar-refractivity contribution in [3.05, 3.63) is 28.7 Å². The van der Waals surface area contributed by atoms with Crippen molar-refractivity contribution in [2.75, 3.05) is 0 Å². The number of pyridine rings is 1. The smallest absolute Gasteiger partial charge is 0.243 e. The SMILES string of the molecule is [B]c1cccn(CC)c1=O. The maximum absolute atomic E-state index is 11.0. The van der Waals surface area contributed by atoms with Crippen LogP contribution in [-0.2, 0) is 6.54 Å². The number of hydrogen-bond donors (Lipinski definition) is 0. The van der Waals surface area contributed by atoms with E-state index in [1.54, 1.807) is 22.9 Å². The molecule has 3 heteroatoms. The van der Waals surface area contributed by atoms with Crippen molar-refractivity contribution in [1.82, 2.24) is 4.57 Å². The second-order valence-corrected chi connectivity index (χ2v) is 2.05. The second kappa shape index (κ2) is 2.73. The minimum Gasteiger partial charge on any atom is -0.316 e. The summed E-state index contributed by atoms with van der Waals surface area (Å²) in [5, 5.41) is 0. The Hall–Kier alpha value is -0.985. The lowest BCUT2D eigenvalue weighted by Crippen LogP contribution is -2.33. The van der Waals surface area contributed by atoms with Crippen LogP contribution in [0.5, 0.6) is 0 Å². The van der Waals surface area contributed by atoms with Crippen molar-refractivity contribution in [2.24, 2.45) is 0 Å². The highest BCUT2D eigenvalue weighted by Crippen LogP contribution is 1.76. The van der Waals surface area contributed by atoms with Crippen LogP contribution < -0.4 is 11.0 Å². The monoisotopic (exact) mass is 133 g/mol. The summed E-state index contributed by atoms with van der Waals surface area (Å²) in [5.41, 5.74) is 0.203. The third kappa shape index (κ3) is 1.13. The van der Waals surface area contributed by atoms with Crippen LogP contribution in [0.3, 0.4) is 0 Å². The Morgan fingerprint density at radius 3 is 2.90 bits per heavy atom. The van der Waals surface area contributed by atoms with Crippen molar-refractivity contribution >= 4 is 13.3 Å². The van der Waals surface area contributed by atoms with E-state index >= 15 is 0 Å². The highest BCUT2D eigenvalue weighted by molar-refractivity contribution is 6.31. The quantitative estimate of drug-likeness (QED) is 0.480. The number of aryl methyl sites for hydroxylation is 1. The molecule has 0 N–H and O–H groups in total. The van der Waals surface area contributed by atoms with Crippen molar-refractivity contribution in [1.29, 1.82) is 0 Å². The van der Waals surface area contributed by atoms with E-state index in [0.717, 1.165) is 0 Å². The van der Waals surface area contributed by atoms with Gasteiger partial charge in [0.15, 0.2) is 0 Å². The maximum Gasteiger partial charge on any atom is 0.243 e. The summed E-state index contributed by atoms with van der Waals surface area (Å²) < 4.78 is 1.56. The van der Waals surface area contributed by atoms with E-state index in [2.05, 4.69) is 0 Å². The molecule has 50 valence electrons. The second-order valence-electron chi connectivity index (χ2n) is 2.05. The average Bonchev–Trinajstić information content (AvgIpc) is 1.95. The first-order valence-electron chi connectivity index (χ1n) is 3.20. The number of nitrogens with zero attached hydrogens (tertiary/aromatic N) is 1. The minimum absolute atomic E-state index is 0.106. The standard InChI is InChI=1S/C7H8BNO/c1-2-9-5-3-4-6(8)7(9)10/h3-5H,2H2,1H3. The van der Waals surface area contributed by atoms with Gasteiger partial charge >= 0.3 is 0 Å². The molecule has 1 aromatic heterocycles. The average molecular weight is 133 g/mol. The van der Waals surface area contributed by atoms with Crippen LogP contribution in [0.15, 0.2) is 23.1 Å². The van der Waals surface area contributed by atoms with Crippen molar-refractivity contribution < 1.29 is 0 Å². The van der Waals surface area contributed by atoms with Gasteiger partial charge in [-0.25, -0.2) is 0 Å². The number of aromatic nitrogens is 1. The van der Waals surface area contributed by atoms with Gasteiger partial charge in [-0.2, -0.15) is 0 Å². The molecule has 10 heavy (non-hydrogen) atoms. The molecular formula is C7H8BNO. The molecule has 0 atom stereocenters. The minimum atomic E-state index is -0.106. The molecule has 0 saturated heterocycles. The summed E-state index contributed by atoms with van der Waals surface area (Å²) >= 11 is 0. The predicted molar refractivity (Wildman–Crippen MR) is 41.8 cm³/mol. The number of hydrogen-bond acceptors (Lipinski definition) is 1. The van der Waals surface area contributed by atoms with Gasteiger partial charge in [-0.3, -0.25) is 4.79 Å². The summed E-state index contributed by atoms with van der Waals surface area (Å²) in [6.45, 7) is 2.57. The van der Waals surface area contributed by atoms with Gasteiger partial charge in [-0.1, -0.05) is 6.07 Å². The van der Waals surface area contributed by atoms with E-state index in [9.17, 15) is 4.79 Å². The van der Waals surface area contributed by atoms with Gasteiger partial charge in [-0.05, 0) is 18.5 Å². The summed E-state index contributed by atoms with van der Waals surface area (Å²) in [6, 6.07) is 3.37. The van der Waals surface area contributed by atoms with Crippen LogP contribution in [0.1, 0.15) is 6.92 Å². The number of rotatable bonds is 1. The van der Waals surface area contributed by atoms with Crippen molar-refractivity contribution in [3.8, 4) is 0 Å². The normalized spacial score (nSPS) is 9.70. The highest BCUT2D eigenvalue weighted by atomic mass is 16.1. The lowest BCUT2D eigenvalue weighted by atomic mass is 9.99. The molecule has 0 amide bonds. The lowest BCUT2D eigenvalue weighted by molar-refractivity contribution is 0.732. The highest BCUT2D eigenvalue weighted by Gasteiger charge is 1.92. The van der Waals surface area contributed by atoms with E-state index in [1.807, 2.05) is 6.92 Å². The molecule has 0 aliphatic rings. The van der Waals surface area contributed by atoms with Gasteiger partial charge < -0.3 is 4.57 Å². The van der Waals surface area contributed by atoms with Crippen LogP contribution in [0.4, 0.5) is 0 Å². The molecular weight excluding hydrogens is 125 g/mol. The van der Waals surface area contributed by atoms with Crippen molar-refractivity contribution in [2.45, 2.75) is 13.5 Å². The van der Waals surface area contributed by atoms with Gasteiger partial charge in [0.1, 0.15) is 7.85 Å². The van der Waals surface area contributed by atoms with Crippen molar-refractivity contribution in [3.63, 3.8) is 0 Å². The zero-order valence-electron chi connectivity index (χ0n) is 5.87. The molecule has 0 saturated carbocycles. The Morgan fingerprint density at radius 2 is 2.40 bits per heavy atom. The zero-order valence-corrected chi connectivity index (χ0v) is 5.87. The van der Waals surface area contributed by atoms with E-state index in [0.29, 0.717) is 12.0 Å². The topological polar surface area (TPSA) is 22.0 Å². The van der Waals surface area contributed by atoms with Crippen LogP contribution in [0, 0.1) is 0 Å². The first-order valence-corrected chi connectivity index (χ1v) is 3.20. The molecule has 0 aliphatic carbocycles. The van der Waals surface area contributed by atoms with E-state index in [4.69, 9.17) is 7.85 Å². The lowest BCUT2D eigenvalue weighted by Gasteiger charge is -2.00. The summed E-state index contributed by atoms with van der Waals surface area (Å²) in [4.78, 5) is 11.0. The molecule has 0 unspecified atom stereocenters. The zero-order chi connectivity index (χ0) is 7.56. The van der Waals surface area contributed by atoms with Crippen LogP contribution in [-0.4, -0.2) is 12.4 Å². The molecule has 1 aromatic rings. The molecule has 0 bridgehead atoms. The molecule has 2 nitrogen and oxygen atoms in total.